The molecule has 0 radical (unpaired) electrons. The second-order valence-corrected chi connectivity index (χ2v) is 2.86. The van der Waals surface area contributed by atoms with Crippen molar-refractivity contribution in [1.29, 1.82) is 0 Å². The van der Waals surface area contributed by atoms with E-state index in [1.54, 1.807) is 7.11 Å². The van der Waals surface area contributed by atoms with Crippen molar-refractivity contribution in [3.63, 3.8) is 0 Å². The van der Waals surface area contributed by atoms with Gasteiger partial charge in [-0.3, -0.25) is 11.3 Å². The van der Waals surface area contributed by atoms with E-state index >= 15 is 0 Å². The molecule has 0 spiro atoms. The summed E-state index contributed by atoms with van der Waals surface area (Å²) in [5.74, 6) is 5.36. The predicted molar refractivity (Wildman–Crippen MR) is 51.7 cm³/mol. The van der Waals surface area contributed by atoms with Gasteiger partial charge in [0.1, 0.15) is 0 Å². The van der Waals surface area contributed by atoms with Crippen LogP contribution in [-0.2, 0) is 4.74 Å². The molecule has 0 saturated carbocycles. The minimum Gasteiger partial charge on any atom is -0.385 e. The fourth-order valence-electron chi connectivity index (χ4n) is 1.08. The average Bonchev–Trinajstić information content (AvgIpc) is 2.11. The molecule has 0 aliphatic carbocycles. The first-order chi connectivity index (χ1) is 5.85. The van der Waals surface area contributed by atoms with E-state index in [4.69, 9.17) is 10.6 Å². The number of rotatable bonds is 8. The van der Waals surface area contributed by atoms with Crippen LogP contribution < -0.4 is 11.3 Å². The first kappa shape index (κ1) is 11.6. The SMILES string of the molecule is C=CCCCC(CCOC)NN. The van der Waals surface area contributed by atoms with E-state index in [0.29, 0.717) is 6.04 Å². The highest BCUT2D eigenvalue weighted by Gasteiger charge is 2.04. The van der Waals surface area contributed by atoms with Crippen LogP contribution in [0.2, 0.25) is 0 Å². The van der Waals surface area contributed by atoms with Gasteiger partial charge in [-0.2, -0.15) is 0 Å². The Bertz CT molecular complexity index is 107. The summed E-state index contributed by atoms with van der Waals surface area (Å²) >= 11 is 0. The molecule has 3 N–H and O–H groups in total. The molecule has 1 atom stereocenters. The van der Waals surface area contributed by atoms with Crippen molar-refractivity contribution >= 4 is 0 Å². The molecule has 0 fully saturated rings. The van der Waals surface area contributed by atoms with E-state index in [1.165, 1.54) is 0 Å². The van der Waals surface area contributed by atoms with Crippen LogP contribution in [0.25, 0.3) is 0 Å². The number of hydrogen-bond acceptors (Lipinski definition) is 3. The van der Waals surface area contributed by atoms with Crippen LogP contribution in [0.1, 0.15) is 25.7 Å². The number of allylic oxidation sites excluding steroid dienone is 1. The summed E-state index contributed by atoms with van der Waals surface area (Å²) in [7, 11) is 1.71. The van der Waals surface area contributed by atoms with Gasteiger partial charge in [-0.15, -0.1) is 6.58 Å². The quantitative estimate of drug-likeness (QED) is 0.250. The molecule has 0 aromatic rings. The number of hydrazine groups is 1. The van der Waals surface area contributed by atoms with Gasteiger partial charge in [-0.1, -0.05) is 6.08 Å². The molecule has 0 aromatic carbocycles. The lowest BCUT2D eigenvalue weighted by Crippen LogP contribution is -2.35. The van der Waals surface area contributed by atoms with Crippen molar-refractivity contribution in [2.24, 2.45) is 5.84 Å². The van der Waals surface area contributed by atoms with Gasteiger partial charge in [0, 0.05) is 19.8 Å². The molecule has 0 rings (SSSR count). The molecule has 0 aliphatic heterocycles. The van der Waals surface area contributed by atoms with E-state index < -0.39 is 0 Å². The number of methoxy groups -OCH3 is 1. The molecule has 0 amide bonds. The van der Waals surface area contributed by atoms with Gasteiger partial charge in [0.2, 0.25) is 0 Å². The molecule has 0 aliphatic rings. The summed E-state index contributed by atoms with van der Waals surface area (Å²) in [5, 5.41) is 0. The summed E-state index contributed by atoms with van der Waals surface area (Å²) in [6, 6.07) is 0.380. The number of unbranched alkanes of at least 4 members (excludes halogenated alkanes) is 1. The van der Waals surface area contributed by atoms with Crippen molar-refractivity contribution in [2.45, 2.75) is 31.7 Å². The van der Waals surface area contributed by atoms with Crippen molar-refractivity contribution in [3.05, 3.63) is 12.7 Å². The van der Waals surface area contributed by atoms with Crippen LogP contribution in [0.5, 0.6) is 0 Å². The van der Waals surface area contributed by atoms with Crippen LogP contribution in [0, 0.1) is 0 Å². The van der Waals surface area contributed by atoms with Gasteiger partial charge in [0.15, 0.2) is 0 Å². The summed E-state index contributed by atoms with van der Waals surface area (Å²) in [6.45, 7) is 4.44. The highest BCUT2D eigenvalue weighted by atomic mass is 16.5. The lowest BCUT2D eigenvalue weighted by atomic mass is 10.1. The van der Waals surface area contributed by atoms with E-state index in [9.17, 15) is 0 Å². The Balaban J connectivity index is 3.32. The molecular formula is C9H20N2O. The van der Waals surface area contributed by atoms with E-state index in [1.807, 2.05) is 6.08 Å². The van der Waals surface area contributed by atoms with Gasteiger partial charge in [-0.25, -0.2) is 0 Å². The normalized spacial score (nSPS) is 12.8. The Morgan fingerprint density at radius 3 is 2.83 bits per heavy atom. The Morgan fingerprint density at radius 2 is 2.33 bits per heavy atom. The average molecular weight is 172 g/mol. The summed E-state index contributed by atoms with van der Waals surface area (Å²) < 4.78 is 4.96. The molecular weight excluding hydrogens is 152 g/mol. The van der Waals surface area contributed by atoms with Crippen molar-refractivity contribution < 1.29 is 4.74 Å². The predicted octanol–water partition coefficient (Wildman–Crippen LogP) is 1.21. The zero-order chi connectivity index (χ0) is 9.23. The maximum absolute atomic E-state index is 5.36. The van der Waals surface area contributed by atoms with E-state index in [0.717, 1.165) is 32.3 Å². The molecule has 0 bridgehead atoms. The molecule has 0 saturated heterocycles. The Morgan fingerprint density at radius 1 is 1.58 bits per heavy atom. The van der Waals surface area contributed by atoms with Crippen molar-refractivity contribution in [3.8, 4) is 0 Å². The summed E-state index contributed by atoms with van der Waals surface area (Å²) in [4.78, 5) is 0. The monoisotopic (exact) mass is 172 g/mol. The van der Waals surface area contributed by atoms with E-state index in [-0.39, 0.29) is 0 Å². The van der Waals surface area contributed by atoms with Crippen LogP contribution in [0.15, 0.2) is 12.7 Å². The van der Waals surface area contributed by atoms with Gasteiger partial charge in [0.05, 0.1) is 0 Å². The minimum absolute atomic E-state index is 0.380. The highest BCUT2D eigenvalue weighted by Crippen LogP contribution is 2.03. The van der Waals surface area contributed by atoms with Crippen LogP contribution in [-0.4, -0.2) is 19.8 Å². The third kappa shape index (κ3) is 6.34. The zero-order valence-electron chi connectivity index (χ0n) is 7.88. The Labute approximate surface area is 74.9 Å². The maximum atomic E-state index is 5.36. The Kier molecular flexibility index (Phi) is 8.44. The van der Waals surface area contributed by atoms with Gasteiger partial charge >= 0.3 is 0 Å². The number of ether oxygens (including phenoxy) is 1. The Hall–Kier alpha value is -0.380. The van der Waals surface area contributed by atoms with Crippen LogP contribution in [0.3, 0.4) is 0 Å². The second kappa shape index (κ2) is 8.71. The van der Waals surface area contributed by atoms with Crippen molar-refractivity contribution in [1.82, 2.24) is 5.43 Å². The minimum atomic E-state index is 0.380. The van der Waals surface area contributed by atoms with E-state index in [2.05, 4.69) is 12.0 Å². The molecule has 1 unspecified atom stereocenters. The first-order valence-electron chi connectivity index (χ1n) is 4.41. The van der Waals surface area contributed by atoms with Gasteiger partial charge in [0.25, 0.3) is 0 Å². The molecule has 0 heterocycles. The number of nitrogens with two attached hydrogens (primary N) is 1. The smallest absolute Gasteiger partial charge is 0.0477 e. The summed E-state index contributed by atoms with van der Waals surface area (Å²) in [6.07, 6.45) is 6.20. The van der Waals surface area contributed by atoms with Crippen LogP contribution >= 0.6 is 0 Å². The second-order valence-electron chi connectivity index (χ2n) is 2.86. The largest absolute Gasteiger partial charge is 0.385 e. The first-order valence-corrected chi connectivity index (χ1v) is 4.41. The zero-order valence-corrected chi connectivity index (χ0v) is 7.88. The van der Waals surface area contributed by atoms with Gasteiger partial charge in [-0.05, 0) is 25.7 Å². The third-order valence-electron chi connectivity index (χ3n) is 1.87. The fraction of sp³-hybridized carbons (Fsp3) is 0.778. The molecule has 3 heteroatoms. The molecule has 72 valence electrons. The standard InChI is InChI=1S/C9H20N2O/c1-3-4-5-6-9(11-10)7-8-12-2/h3,9,11H,1,4-8,10H2,2H3. The highest BCUT2D eigenvalue weighted by molar-refractivity contribution is 4.69. The lowest BCUT2D eigenvalue weighted by molar-refractivity contribution is 0.180. The summed E-state index contributed by atoms with van der Waals surface area (Å²) in [5.41, 5.74) is 2.78. The number of nitrogens with one attached hydrogen (secondary N) is 1. The van der Waals surface area contributed by atoms with Crippen LogP contribution in [0.4, 0.5) is 0 Å². The maximum Gasteiger partial charge on any atom is 0.0477 e. The third-order valence-corrected chi connectivity index (χ3v) is 1.87. The molecule has 3 nitrogen and oxygen atoms in total. The van der Waals surface area contributed by atoms with Gasteiger partial charge < -0.3 is 4.74 Å². The fourth-order valence-corrected chi connectivity index (χ4v) is 1.08. The number of hydrogen-bond donors (Lipinski definition) is 2. The topological polar surface area (TPSA) is 47.3 Å². The van der Waals surface area contributed by atoms with Crippen molar-refractivity contribution in [2.75, 3.05) is 13.7 Å². The molecule has 12 heavy (non-hydrogen) atoms. The molecule has 0 aromatic heterocycles. The lowest BCUT2D eigenvalue weighted by Gasteiger charge is -2.14.